The van der Waals surface area contributed by atoms with E-state index in [1.807, 2.05) is 19.1 Å². The summed E-state index contributed by atoms with van der Waals surface area (Å²) in [5.74, 6) is 0. The molecule has 2 aliphatic rings. The van der Waals surface area contributed by atoms with E-state index in [9.17, 15) is 13.2 Å². The minimum atomic E-state index is -4.49. The van der Waals surface area contributed by atoms with Crippen molar-refractivity contribution in [2.45, 2.75) is 37.3 Å². The van der Waals surface area contributed by atoms with Crippen molar-refractivity contribution in [3.05, 3.63) is 70.8 Å². The van der Waals surface area contributed by atoms with E-state index in [2.05, 4.69) is 32.6 Å². The van der Waals surface area contributed by atoms with Gasteiger partial charge in [-0.25, -0.2) is 0 Å². The van der Waals surface area contributed by atoms with E-state index in [1.165, 1.54) is 17.7 Å². The van der Waals surface area contributed by atoms with Crippen LogP contribution in [-0.4, -0.2) is 19.4 Å². The minimum Gasteiger partial charge on any atom is -0.381 e. The van der Waals surface area contributed by atoms with Gasteiger partial charge in [0.25, 0.3) is 0 Å². The lowest BCUT2D eigenvalue weighted by Gasteiger charge is -2.15. The van der Waals surface area contributed by atoms with E-state index in [4.69, 9.17) is 4.74 Å². The first-order chi connectivity index (χ1) is 13.3. The normalized spacial score (nSPS) is 18.3. The van der Waals surface area contributed by atoms with Crippen molar-refractivity contribution in [3.63, 3.8) is 0 Å². The molecule has 0 spiro atoms. The summed E-state index contributed by atoms with van der Waals surface area (Å²) in [4.78, 5) is 0. The lowest BCUT2D eigenvalue weighted by atomic mass is 10.0. The van der Waals surface area contributed by atoms with Crippen LogP contribution in [0.5, 0.6) is 0 Å². The molecule has 2 aromatic rings. The van der Waals surface area contributed by atoms with Gasteiger partial charge in [0.2, 0.25) is 5.66 Å². The first-order valence-corrected chi connectivity index (χ1v) is 9.04. The molecule has 0 aromatic heterocycles. The summed E-state index contributed by atoms with van der Waals surface area (Å²) < 4.78 is 44.6. The molecule has 0 atom stereocenters. The second kappa shape index (κ2) is 6.77. The fourth-order valence-electron chi connectivity index (χ4n) is 3.01. The third-order valence-corrected chi connectivity index (χ3v) is 5.02. The molecule has 0 amide bonds. The minimum absolute atomic E-state index is 0.0498. The number of hydrogen-bond donors (Lipinski definition) is 0. The highest BCUT2D eigenvalue weighted by atomic mass is 19.4. The van der Waals surface area contributed by atoms with Crippen LogP contribution < -0.4 is 0 Å². The number of rotatable bonds is 8. The fourth-order valence-corrected chi connectivity index (χ4v) is 3.01. The second-order valence-corrected chi connectivity index (χ2v) is 7.10. The SMILES string of the molecule is CC1(c2ccc(CCOCCc3ccc(C4(C(F)(F)F)N=N4)cc3)cc2)N=N1. The Morgan fingerprint density at radius 2 is 1.21 bits per heavy atom. The molecular formula is C20H19F3N4O. The summed E-state index contributed by atoms with van der Waals surface area (Å²) in [5.41, 5.74) is 0.513. The third-order valence-electron chi connectivity index (χ3n) is 5.02. The van der Waals surface area contributed by atoms with Gasteiger partial charge in [-0.2, -0.15) is 23.4 Å². The van der Waals surface area contributed by atoms with Crippen molar-refractivity contribution < 1.29 is 17.9 Å². The van der Waals surface area contributed by atoms with E-state index < -0.39 is 11.8 Å². The Kier molecular flexibility index (Phi) is 4.53. The molecule has 0 unspecified atom stereocenters. The Morgan fingerprint density at radius 3 is 1.61 bits per heavy atom. The van der Waals surface area contributed by atoms with Gasteiger partial charge in [0, 0.05) is 11.1 Å². The summed E-state index contributed by atoms with van der Waals surface area (Å²) in [7, 11) is 0. The monoisotopic (exact) mass is 388 g/mol. The molecule has 4 rings (SSSR count). The average Bonchev–Trinajstić information content (AvgIpc) is 3.58. The van der Waals surface area contributed by atoms with Crippen molar-refractivity contribution in [3.8, 4) is 0 Å². The van der Waals surface area contributed by atoms with E-state index >= 15 is 0 Å². The number of ether oxygens (including phenoxy) is 1. The van der Waals surface area contributed by atoms with Crippen molar-refractivity contribution in [1.29, 1.82) is 0 Å². The fraction of sp³-hybridized carbons (Fsp3) is 0.400. The van der Waals surface area contributed by atoms with Gasteiger partial charge >= 0.3 is 11.8 Å². The molecule has 8 heteroatoms. The van der Waals surface area contributed by atoms with Crippen LogP contribution in [0.3, 0.4) is 0 Å². The smallest absolute Gasteiger partial charge is 0.381 e. The molecule has 5 nitrogen and oxygen atoms in total. The second-order valence-electron chi connectivity index (χ2n) is 7.10. The quantitative estimate of drug-likeness (QED) is 0.566. The van der Waals surface area contributed by atoms with E-state index in [0.29, 0.717) is 19.6 Å². The van der Waals surface area contributed by atoms with Gasteiger partial charge in [0.1, 0.15) is 0 Å². The molecule has 2 aliphatic heterocycles. The lowest BCUT2D eigenvalue weighted by Crippen LogP contribution is -2.30. The zero-order valence-corrected chi connectivity index (χ0v) is 15.3. The molecule has 0 fully saturated rings. The molecule has 0 radical (unpaired) electrons. The predicted molar refractivity (Wildman–Crippen MR) is 95.9 cm³/mol. The van der Waals surface area contributed by atoms with Crippen LogP contribution in [0.2, 0.25) is 0 Å². The van der Waals surface area contributed by atoms with Crippen molar-refractivity contribution in [1.82, 2.24) is 0 Å². The van der Waals surface area contributed by atoms with Crippen LogP contribution in [0.1, 0.15) is 29.2 Å². The highest BCUT2D eigenvalue weighted by Crippen LogP contribution is 2.52. The van der Waals surface area contributed by atoms with Crippen LogP contribution in [0.25, 0.3) is 0 Å². The van der Waals surface area contributed by atoms with Crippen LogP contribution >= 0.6 is 0 Å². The number of nitrogens with zero attached hydrogens (tertiary/aromatic N) is 4. The number of halogens is 3. The molecule has 0 saturated heterocycles. The maximum absolute atomic E-state index is 13.0. The van der Waals surface area contributed by atoms with Gasteiger partial charge < -0.3 is 4.74 Å². The van der Waals surface area contributed by atoms with E-state index in [0.717, 1.165) is 17.5 Å². The summed E-state index contributed by atoms with van der Waals surface area (Å²) in [6, 6.07) is 14.4. The molecule has 0 saturated carbocycles. The topological polar surface area (TPSA) is 58.7 Å². The molecule has 146 valence electrons. The number of hydrogen-bond acceptors (Lipinski definition) is 5. The molecule has 0 bridgehead atoms. The Balaban J connectivity index is 1.19. The van der Waals surface area contributed by atoms with Crippen molar-refractivity contribution in [2.24, 2.45) is 20.5 Å². The lowest BCUT2D eigenvalue weighted by molar-refractivity contribution is -0.166. The van der Waals surface area contributed by atoms with Crippen LogP contribution in [-0.2, 0) is 28.9 Å². The van der Waals surface area contributed by atoms with Gasteiger partial charge in [0.15, 0.2) is 0 Å². The zero-order chi connectivity index (χ0) is 19.8. The zero-order valence-electron chi connectivity index (χ0n) is 15.3. The Morgan fingerprint density at radius 1 is 0.750 bits per heavy atom. The number of alkyl halides is 3. The van der Waals surface area contributed by atoms with Gasteiger partial charge in [-0.3, -0.25) is 0 Å². The molecule has 2 heterocycles. The van der Waals surface area contributed by atoms with Crippen LogP contribution in [0, 0.1) is 0 Å². The summed E-state index contributed by atoms with van der Waals surface area (Å²) >= 11 is 0. The van der Waals surface area contributed by atoms with Gasteiger partial charge in [-0.15, -0.1) is 10.2 Å². The van der Waals surface area contributed by atoms with Crippen LogP contribution in [0.15, 0.2) is 69.0 Å². The summed E-state index contributed by atoms with van der Waals surface area (Å²) in [6.07, 6.45) is -3.06. The summed E-state index contributed by atoms with van der Waals surface area (Å²) in [6.45, 7) is 3.06. The number of benzene rings is 2. The first-order valence-electron chi connectivity index (χ1n) is 9.04. The average molecular weight is 388 g/mol. The standard InChI is InChI=1S/C20H19F3N4O/c1-18(24-25-18)16-6-2-14(3-7-16)10-12-28-13-11-15-4-8-17(9-5-15)19(26-27-19)20(21,22)23/h2-9H,10-13H2,1H3. The Bertz CT molecular complexity index is 893. The summed E-state index contributed by atoms with van der Waals surface area (Å²) in [5, 5.41) is 14.5. The third kappa shape index (κ3) is 3.69. The maximum atomic E-state index is 13.0. The molecular weight excluding hydrogens is 369 g/mol. The molecule has 0 N–H and O–H groups in total. The highest BCUT2D eigenvalue weighted by Gasteiger charge is 2.65. The van der Waals surface area contributed by atoms with Crippen molar-refractivity contribution in [2.75, 3.05) is 13.2 Å². The highest BCUT2D eigenvalue weighted by molar-refractivity contribution is 5.33. The van der Waals surface area contributed by atoms with E-state index in [-0.39, 0.29) is 11.2 Å². The molecule has 0 aliphatic carbocycles. The van der Waals surface area contributed by atoms with Gasteiger partial charge in [-0.1, -0.05) is 48.5 Å². The van der Waals surface area contributed by atoms with Crippen LogP contribution in [0.4, 0.5) is 13.2 Å². The molecule has 2 aromatic carbocycles. The first kappa shape index (κ1) is 18.7. The Hall–Kier alpha value is -2.61. The predicted octanol–water partition coefficient (Wildman–Crippen LogP) is 5.31. The van der Waals surface area contributed by atoms with Gasteiger partial charge in [-0.05, 0) is 30.9 Å². The maximum Gasteiger partial charge on any atom is 0.442 e. The molecule has 28 heavy (non-hydrogen) atoms. The Labute approximate surface area is 160 Å². The largest absolute Gasteiger partial charge is 0.442 e. The van der Waals surface area contributed by atoms with E-state index in [1.54, 1.807) is 12.1 Å². The van der Waals surface area contributed by atoms with Crippen molar-refractivity contribution >= 4 is 0 Å². The van der Waals surface area contributed by atoms with Gasteiger partial charge in [0.05, 0.1) is 13.2 Å².